The lowest BCUT2D eigenvalue weighted by molar-refractivity contribution is -0.385. The van der Waals surface area contributed by atoms with E-state index in [0.29, 0.717) is 5.56 Å². The molecule has 0 heterocycles. The van der Waals surface area contributed by atoms with E-state index in [0.717, 1.165) is 0 Å². The predicted octanol–water partition coefficient (Wildman–Crippen LogP) is 6.32. The maximum atomic E-state index is 13.3. The summed E-state index contributed by atoms with van der Waals surface area (Å²) in [6.45, 7) is 0. The van der Waals surface area contributed by atoms with Crippen molar-refractivity contribution in [2.75, 3.05) is 0 Å². The van der Waals surface area contributed by atoms with Crippen molar-refractivity contribution in [3.05, 3.63) is 128 Å². The number of nitrogens with zero attached hydrogens (tertiary/aromatic N) is 2. The van der Waals surface area contributed by atoms with Gasteiger partial charge in [0.1, 0.15) is 0 Å². The summed E-state index contributed by atoms with van der Waals surface area (Å²) >= 11 is 0. The van der Waals surface area contributed by atoms with Gasteiger partial charge in [-0.2, -0.15) is 0 Å². The number of hydrogen-bond acceptors (Lipinski definition) is 7. The number of para-hydroxylation sites is 5. The molecule has 0 unspecified atom stereocenters. The van der Waals surface area contributed by atoms with E-state index in [-0.39, 0.29) is 39.9 Å². The van der Waals surface area contributed by atoms with Gasteiger partial charge in [0.05, 0.1) is 15.4 Å². The molecule has 168 valence electrons. The van der Waals surface area contributed by atoms with Crippen LogP contribution in [0.25, 0.3) is 0 Å². The summed E-state index contributed by atoms with van der Waals surface area (Å²) in [5.74, 6) is -0.738. The van der Waals surface area contributed by atoms with Gasteiger partial charge in [-0.3, -0.25) is 25.0 Å². The summed E-state index contributed by atoms with van der Waals surface area (Å²) in [5.41, 5.74) is -0.182. The first-order valence-electron chi connectivity index (χ1n) is 10.0. The molecule has 0 saturated carbocycles. The molecule has 0 saturated heterocycles. The third-order valence-electron chi connectivity index (χ3n) is 4.82. The molecule has 4 aromatic carbocycles. The van der Waals surface area contributed by atoms with Gasteiger partial charge in [0.25, 0.3) is 0 Å². The second-order valence-corrected chi connectivity index (χ2v) is 6.98. The minimum atomic E-state index is -0.612. The van der Waals surface area contributed by atoms with Gasteiger partial charge in [-0.1, -0.05) is 60.7 Å². The molecule has 0 atom stereocenters. The van der Waals surface area contributed by atoms with Crippen molar-refractivity contribution < 1.29 is 24.1 Å². The molecule has 0 aromatic heterocycles. The van der Waals surface area contributed by atoms with Crippen molar-refractivity contribution in [1.29, 1.82) is 0 Å². The lowest BCUT2D eigenvalue weighted by atomic mass is 10.0. The fraction of sp³-hybridized carbons (Fsp3) is 0. The van der Waals surface area contributed by atoms with Crippen molar-refractivity contribution in [3.8, 4) is 23.0 Å². The molecule has 4 rings (SSSR count). The molecule has 9 nitrogen and oxygen atoms in total. The summed E-state index contributed by atoms with van der Waals surface area (Å²) in [7, 11) is 0. The minimum Gasteiger partial charge on any atom is -0.446 e. The monoisotopic (exact) mass is 456 g/mol. The Bertz CT molecular complexity index is 1390. The van der Waals surface area contributed by atoms with Crippen molar-refractivity contribution in [2.45, 2.75) is 0 Å². The van der Waals surface area contributed by atoms with E-state index in [4.69, 9.17) is 9.47 Å². The molecular weight excluding hydrogens is 440 g/mol. The van der Waals surface area contributed by atoms with E-state index in [1.54, 1.807) is 42.5 Å². The molecule has 0 bridgehead atoms. The third-order valence-corrected chi connectivity index (χ3v) is 4.82. The van der Waals surface area contributed by atoms with Gasteiger partial charge >= 0.3 is 11.4 Å². The van der Waals surface area contributed by atoms with Crippen molar-refractivity contribution in [3.63, 3.8) is 0 Å². The molecule has 9 heteroatoms. The quantitative estimate of drug-likeness (QED) is 0.173. The molecule has 0 aliphatic rings. The van der Waals surface area contributed by atoms with Crippen LogP contribution in [-0.4, -0.2) is 15.6 Å². The molecule has 0 spiro atoms. The van der Waals surface area contributed by atoms with Gasteiger partial charge in [-0.15, -0.1) is 0 Å². The molecule has 4 aromatic rings. The third kappa shape index (κ3) is 4.58. The Morgan fingerprint density at radius 3 is 1.68 bits per heavy atom. The van der Waals surface area contributed by atoms with E-state index >= 15 is 0 Å². The second kappa shape index (κ2) is 9.61. The maximum absolute atomic E-state index is 13.3. The van der Waals surface area contributed by atoms with Crippen LogP contribution in [0.5, 0.6) is 23.0 Å². The van der Waals surface area contributed by atoms with Crippen LogP contribution in [-0.2, 0) is 0 Å². The van der Waals surface area contributed by atoms with Crippen LogP contribution in [0, 0.1) is 20.2 Å². The maximum Gasteiger partial charge on any atom is 0.311 e. The number of carbonyl (C=O) groups excluding carboxylic acids is 1. The minimum absolute atomic E-state index is 0.0192. The van der Waals surface area contributed by atoms with Crippen LogP contribution >= 0.6 is 0 Å². The Hall–Kier alpha value is -5.05. The Morgan fingerprint density at radius 1 is 0.588 bits per heavy atom. The zero-order chi connectivity index (χ0) is 24.1. The smallest absolute Gasteiger partial charge is 0.311 e. The van der Waals surface area contributed by atoms with Crippen LogP contribution in [0.1, 0.15) is 15.9 Å². The van der Waals surface area contributed by atoms with Crippen LogP contribution in [0.2, 0.25) is 0 Å². The first-order chi connectivity index (χ1) is 16.5. The lowest BCUT2D eigenvalue weighted by Gasteiger charge is -2.16. The summed E-state index contributed by atoms with van der Waals surface area (Å²) in [6, 6.07) is 24.3. The van der Waals surface area contributed by atoms with Gasteiger partial charge in [0.2, 0.25) is 11.5 Å². The second-order valence-electron chi connectivity index (χ2n) is 6.98. The molecule has 0 aliphatic carbocycles. The van der Waals surface area contributed by atoms with Crippen LogP contribution in [0.3, 0.4) is 0 Å². The highest BCUT2D eigenvalue weighted by Crippen LogP contribution is 2.42. The summed E-state index contributed by atoms with van der Waals surface area (Å²) < 4.78 is 11.7. The predicted molar refractivity (Wildman–Crippen MR) is 123 cm³/mol. The Morgan fingerprint density at radius 2 is 1.09 bits per heavy atom. The molecule has 0 aliphatic heterocycles. The normalized spacial score (nSPS) is 10.4. The SMILES string of the molecule is O=C(c1ccccc1)c1cccc(Oc2ccccc2[N+](=O)[O-])c1Oc1ccccc1[N+](=O)[O-]. The zero-order valence-electron chi connectivity index (χ0n) is 17.5. The Kier molecular flexibility index (Phi) is 6.26. The van der Waals surface area contributed by atoms with E-state index in [1.807, 2.05) is 0 Å². The van der Waals surface area contributed by atoms with E-state index < -0.39 is 15.6 Å². The number of nitro benzene ring substituents is 2. The fourth-order valence-corrected chi connectivity index (χ4v) is 3.24. The summed E-state index contributed by atoms with van der Waals surface area (Å²) in [4.78, 5) is 35.0. The largest absolute Gasteiger partial charge is 0.446 e. The van der Waals surface area contributed by atoms with Crippen molar-refractivity contribution >= 4 is 17.2 Å². The first-order valence-corrected chi connectivity index (χ1v) is 10.0. The van der Waals surface area contributed by atoms with Crippen LogP contribution in [0.15, 0.2) is 97.1 Å². The molecule has 0 amide bonds. The van der Waals surface area contributed by atoms with Gasteiger partial charge in [-0.05, 0) is 24.3 Å². The van der Waals surface area contributed by atoms with Crippen LogP contribution < -0.4 is 9.47 Å². The lowest BCUT2D eigenvalue weighted by Crippen LogP contribution is -2.05. The first kappa shape index (κ1) is 22.2. The van der Waals surface area contributed by atoms with Crippen LogP contribution in [0.4, 0.5) is 11.4 Å². The molecule has 34 heavy (non-hydrogen) atoms. The summed E-state index contributed by atoms with van der Waals surface area (Å²) in [6.07, 6.45) is 0. The average molecular weight is 456 g/mol. The fourth-order valence-electron chi connectivity index (χ4n) is 3.24. The number of rotatable bonds is 8. The highest BCUT2D eigenvalue weighted by molar-refractivity contribution is 6.11. The molecule has 0 fully saturated rings. The van der Waals surface area contributed by atoms with Crippen molar-refractivity contribution in [1.82, 2.24) is 0 Å². The van der Waals surface area contributed by atoms with E-state index in [1.165, 1.54) is 54.6 Å². The Labute approximate surface area is 193 Å². The standard InChI is InChI=1S/C25H16N2O7/c28-24(17-9-2-1-3-10-17)18-11-8-16-23(33-21-14-6-4-12-19(21)26(29)30)25(18)34-22-15-7-5-13-20(22)27(31)32/h1-16H. The number of benzene rings is 4. The van der Waals surface area contributed by atoms with Crippen molar-refractivity contribution in [2.24, 2.45) is 0 Å². The highest BCUT2D eigenvalue weighted by atomic mass is 16.6. The van der Waals surface area contributed by atoms with Gasteiger partial charge in [0.15, 0.2) is 17.3 Å². The summed E-state index contributed by atoms with van der Waals surface area (Å²) in [5, 5.41) is 22.9. The number of carbonyl (C=O) groups is 1. The zero-order valence-corrected chi connectivity index (χ0v) is 17.5. The van der Waals surface area contributed by atoms with E-state index in [2.05, 4.69) is 0 Å². The van der Waals surface area contributed by atoms with E-state index in [9.17, 15) is 25.0 Å². The Balaban J connectivity index is 1.86. The molecular formula is C25H16N2O7. The number of ketones is 1. The van der Waals surface area contributed by atoms with Gasteiger partial charge < -0.3 is 9.47 Å². The number of ether oxygens (including phenoxy) is 2. The number of nitro groups is 2. The highest BCUT2D eigenvalue weighted by Gasteiger charge is 2.25. The van der Waals surface area contributed by atoms with Gasteiger partial charge in [-0.25, -0.2) is 0 Å². The molecule has 0 radical (unpaired) electrons. The number of hydrogen-bond donors (Lipinski definition) is 0. The van der Waals surface area contributed by atoms with Gasteiger partial charge in [0, 0.05) is 17.7 Å². The topological polar surface area (TPSA) is 122 Å². The average Bonchev–Trinajstić information content (AvgIpc) is 2.85. The molecule has 0 N–H and O–H groups in total.